The minimum absolute atomic E-state index is 0.0414. The molecule has 1 aliphatic heterocycles. The number of carbonyl (C=O) groups excluding carboxylic acids is 1. The molecular formula is C11H11ClO4. The van der Waals surface area contributed by atoms with Gasteiger partial charge in [0, 0.05) is 12.0 Å². The molecule has 0 saturated carbocycles. The Bertz CT molecular complexity index is 430. The number of hydrogen-bond acceptors (Lipinski definition) is 4. The molecule has 2 rings (SSSR count). The fraction of sp³-hybridized carbons (Fsp3) is 0.364. The second-order valence-electron chi connectivity index (χ2n) is 3.67. The van der Waals surface area contributed by atoms with E-state index in [-0.39, 0.29) is 23.5 Å². The van der Waals surface area contributed by atoms with Gasteiger partial charge in [0.2, 0.25) is 6.79 Å². The van der Waals surface area contributed by atoms with Crippen LogP contribution in [0.4, 0.5) is 0 Å². The Morgan fingerprint density at radius 2 is 2.38 bits per heavy atom. The zero-order valence-corrected chi connectivity index (χ0v) is 9.45. The molecule has 0 amide bonds. The van der Waals surface area contributed by atoms with E-state index in [9.17, 15) is 9.90 Å². The van der Waals surface area contributed by atoms with E-state index in [0.717, 1.165) is 6.29 Å². The summed E-state index contributed by atoms with van der Waals surface area (Å²) >= 11 is 5.94. The Morgan fingerprint density at radius 1 is 1.62 bits per heavy atom. The average Bonchev–Trinajstić information content (AvgIpc) is 2.71. The number of aromatic hydroxyl groups is 1. The lowest BCUT2D eigenvalue weighted by molar-refractivity contribution is -0.108. The number of rotatable bonds is 3. The first kappa shape index (κ1) is 11.1. The van der Waals surface area contributed by atoms with Crippen molar-refractivity contribution in [2.24, 2.45) is 0 Å². The summed E-state index contributed by atoms with van der Waals surface area (Å²) in [6.45, 7) is 1.93. The predicted molar refractivity (Wildman–Crippen MR) is 58.3 cm³/mol. The van der Waals surface area contributed by atoms with Crippen molar-refractivity contribution < 1.29 is 19.4 Å². The molecule has 86 valence electrons. The summed E-state index contributed by atoms with van der Waals surface area (Å²) in [5.41, 5.74) is 0.598. The zero-order chi connectivity index (χ0) is 11.7. The highest BCUT2D eigenvalue weighted by Crippen LogP contribution is 2.48. The molecule has 1 heterocycles. The lowest BCUT2D eigenvalue weighted by Gasteiger charge is -2.13. The Balaban J connectivity index is 2.47. The van der Waals surface area contributed by atoms with Gasteiger partial charge in [0.25, 0.3) is 0 Å². The number of aldehydes is 1. The number of fused-ring (bicyclic) bond motifs is 1. The summed E-state index contributed by atoms with van der Waals surface area (Å²) in [5.74, 6) is 0.724. The minimum Gasteiger partial charge on any atom is -0.506 e. The molecule has 16 heavy (non-hydrogen) atoms. The van der Waals surface area contributed by atoms with E-state index >= 15 is 0 Å². The number of phenolic OH excluding ortho intramolecular Hbond substituents is 1. The monoisotopic (exact) mass is 242 g/mol. The predicted octanol–water partition coefficient (Wildman–Crippen LogP) is 2.47. The molecule has 0 bridgehead atoms. The van der Waals surface area contributed by atoms with Crippen LogP contribution in [0.15, 0.2) is 6.07 Å². The highest BCUT2D eigenvalue weighted by atomic mass is 35.5. The molecule has 1 N–H and O–H groups in total. The van der Waals surface area contributed by atoms with Crippen LogP contribution < -0.4 is 9.47 Å². The molecule has 0 aromatic heterocycles. The van der Waals surface area contributed by atoms with Gasteiger partial charge in [-0.1, -0.05) is 18.5 Å². The van der Waals surface area contributed by atoms with Crippen LogP contribution in [-0.2, 0) is 4.79 Å². The van der Waals surface area contributed by atoms with E-state index < -0.39 is 0 Å². The van der Waals surface area contributed by atoms with Crippen LogP contribution in [0, 0.1) is 0 Å². The molecule has 1 unspecified atom stereocenters. The van der Waals surface area contributed by atoms with Crippen molar-refractivity contribution in [3.8, 4) is 17.2 Å². The van der Waals surface area contributed by atoms with Gasteiger partial charge in [0.05, 0.1) is 0 Å². The van der Waals surface area contributed by atoms with Gasteiger partial charge in [-0.25, -0.2) is 0 Å². The first-order valence-corrected chi connectivity index (χ1v) is 5.27. The summed E-state index contributed by atoms with van der Waals surface area (Å²) in [5, 5.41) is 10.0. The summed E-state index contributed by atoms with van der Waals surface area (Å²) in [6, 6.07) is 1.66. The number of hydrogen-bond donors (Lipinski definition) is 1. The molecule has 4 nitrogen and oxygen atoms in total. The first-order valence-electron chi connectivity index (χ1n) is 4.89. The maximum Gasteiger partial charge on any atom is 0.231 e. The number of halogens is 1. The van der Waals surface area contributed by atoms with Crippen LogP contribution in [0.3, 0.4) is 0 Å². The fourth-order valence-electron chi connectivity index (χ4n) is 1.66. The molecule has 1 atom stereocenters. The highest BCUT2D eigenvalue weighted by Gasteiger charge is 2.25. The van der Waals surface area contributed by atoms with Crippen LogP contribution in [0.25, 0.3) is 0 Å². The SMILES string of the molecule is CC(CC=O)c1cc2c(c(Cl)c1O)OCO2. The van der Waals surface area contributed by atoms with Gasteiger partial charge < -0.3 is 19.4 Å². The molecule has 1 aliphatic rings. The maximum atomic E-state index is 10.4. The Kier molecular flexibility index (Phi) is 2.92. The third kappa shape index (κ3) is 1.69. The number of benzene rings is 1. The highest BCUT2D eigenvalue weighted by molar-refractivity contribution is 6.34. The van der Waals surface area contributed by atoms with E-state index in [1.165, 1.54) is 0 Å². The molecular weight excluding hydrogens is 232 g/mol. The van der Waals surface area contributed by atoms with Gasteiger partial charge >= 0.3 is 0 Å². The minimum atomic E-state index is -0.107. The molecule has 0 saturated heterocycles. The van der Waals surface area contributed by atoms with Crippen LogP contribution in [0.2, 0.25) is 5.02 Å². The Hall–Kier alpha value is -1.42. The third-order valence-electron chi connectivity index (χ3n) is 2.59. The molecule has 0 aliphatic carbocycles. The summed E-state index contributed by atoms with van der Waals surface area (Å²) < 4.78 is 10.3. The summed E-state index contributed by atoms with van der Waals surface area (Å²) in [4.78, 5) is 10.4. The number of phenols is 1. The molecule has 5 heteroatoms. The normalized spacial score (nSPS) is 14.9. The standard InChI is InChI=1S/C11H11ClO4/c1-6(2-3-13)7-4-8-11(16-5-15-8)9(12)10(7)14/h3-4,6,14H,2,5H2,1H3. The van der Waals surface area contributed by atoms with E-state index in [2.05, 4.69) is 0 Å². The lowest BCUT2D eigenvalue weighted by atomic mass is 9.97. The van der Waals surface area contributed by atoms with E-state index in [4.69, 9.17) is 21.1 Å². The topological polar surface area (TPSA) is 55.8 Å². The van der Waals surface area contributed by atoms with Crippen molar-refractivity contribution in [3.63, 3.8) is 0 Å². The van der Waals surface area contributed by atoms with Crippen molar-refractivity contribution >= 4 is 17.9 Å². The quantitative estimate of drug-likeness (QED) is 0.828. The van der Waals surface area contributed by atoms with E-state index in [1.54, 1.807) is 6.07 Å². The molecule has 0 spiro atoms. The zero-order valence-electron chi connectivity index (χ0n) is 8.70. The Morgan fingerprint density at radius 3 is 3.06 bits per heavy atom. The molecule has 1 aromatic rings. The van der Waals surface area contributed by atoms with Gasteiger partial charge in [-0.3, -0.25) is 0 Å². The second kappa shape index (κ2) is 4.22. The van der Waals surface area contributed by atoms with Gasteiger partial charge in [-0.2, -0.15) is 0 Å². The van der Waals surface area contributed by atoms with Gasteiger partial charge in [0.15, 0.2) is 11.5 Å². The van der Waals surface area contributed by atoms with Crippen molar-refractivity contribution in [2.75, 3.05) is 6.79 Å². The van der Waals surface area contributed by atoms with Crippen molar-refractivity contribution in [1.29, 1.82) is 0 Å². The molecule has 1 aromatic carbocycles. The Labute approximate surface area is 97.7 Å². The largest absolute Gasteiger partial charge is 0.506 e. The number of ether oxygens (including phenoxy) is 2. The summed E-state index contributed by atoms with van der Waals surface area (Å²) in [7, 11) is 0. The van der Waals surface area contributed by atoms with Gasteiger partial charge in [0.1, 0.15) is 17.1 Å². The van der Waals surface area contributed by atoms with E-state index in [1.807, 2.05) is 6.92 Å². The van der Waals surface area contributed by atoms with Crippen molar-refractivity contribution in [2.45, 2.75) is 19.3 Å². The second-order valence-corrected chi connectivity index (χ2v) is 4.04. The molecule has 0 radical (unpaired) electrons. The van der Waals surface area contributed by atoms with Crippen molar-refractivity contribution in [3.05, 3.63) is 16.7 Å². The average molecular weight is 243 g/mol. The lowest BCUT2D eigenvalue weighted by Crippen LogP contribution is -1.96. The smallest absolute Gasteiger partial charge is 0.231 e. The van der Waals surface area contributed by atoms with Gasteiger partial charge in [-0.05, 0) is 12.0 Å². The van der Waals surface area contributed by atoms with Crippen LogP contribution in [-0.4, -0.2) is 18.2 Å². The molecule has 0 fully saturated rings. The fourth-order valence-corrected chi connectivity index (χ4v) is 1.91. The van der Waals surface area contributed by atoms with Gasteiger partial charge in [-0.15, -0.1) is 0 Å². The van der Waals surface area contributed by atoms with E-state index in [0.29, 0.717) is 23.5 Å². The maximum absolute atomic E-state index is 10.4. The van der Waals surface area contributed by atoms with Crippen LogP contribution in [0.1, 0.15) is 24.8 Å². The van der Waals surface area contributed by atoms with Crippen LogP contribution >= 0.6 is 11.6 Å². The van der Waals surface area contributed by atoms with Crippen molar-refractivity contribution in [1.82, 2.24) is 0 Å². The number of carbonyl (C=O) groups is 1. The van der Waals surface area contributed by atoms with Crippen LogP contribution in [0.5, 0.6) is 17.2 Å². The third-order valence-corrected chi connectivity index (χ3v) is 2.94. The first-order chi connectivity index (χ1) is 7.65. The summed E-state index contributed by atoms with van der Waals surface area (Å²) in [6.07, 6.45) is 1.13.